The lowest BCUT2D eigenvalue weighted by atomic mass is 9.96. The third-order valence-electron chi connectivity index (χ3n) is 6.18. The van der Waals surface area contributed by atoms with E-state index >= 15 is 0 Å². The van der Waals surface area contributed by atoms with Gasteiger partial charge in [-0.05, 0) is 86.6 Å². The summed E-state index contributed by atoms with van der Waals surface area (Å²) in [6, 6.07) is 27.3. The quantitative estimate of drug-likeness (QED) is 0.398. The van der Waals surface area contributed by atoms with Crippen molar-refractivity contribution in [2.24, 2.45) is 0 Å². The van der Waals surface area contributed by atoms with Gasteiger partial charge in [0.25, 0.3) is 0 Å². The van der Waals surface area contributed by atoms with Crippen molar-refractivity contribution in [3.8, 4) is 5.69 Å². The van der Waals surface area contributed by atoms with Crippen molar-refractivity contribution in [3.63, 3.8) is 0 Å². The molecule has 4 nitrogen and oxygen atoms in total. The largest absolute Gasteiger partial charge is 0.351 e. The maximum absolute atomic E-state index is 5.88. The van der Waals surface area contributed by atoms with E-state index < -0.39 is 0 Å². The second kappa shape index (κ2) is 8.24. The molecule has 0 bridgehead atoms. The Morgan fingerprint density at radius 2 is 1.59 bits per heavy atom. The zero-order valence-electron chi connectivity index (χ0n) is 18.5. The molecule has 160 valence electrons. The van der Waals surface area contributed by atoms with E-state index in [1.807, 2.05) is 18.3 Å². The lowest BCUT2D eigenvalue weighted by molar-refractivity contribution is 0.565. The van der Waals surface area contributed by atoms with Crippen LogP contribution in [0.4, 0.5) is 5.69 Å². The number of aromatic nitrogens is 2. The molecule has 0 radical (unpaired) electrons. The predicted octanol–water partition coefficient (Wildman–Crippen LogP) is 5.97. The third kappa shape index (κ3) is 3.49. The summed E-state index contributed by atoms with van der Waals surface area (Å²) in [6.07, 6.45) is 1.85. The monoisotopic (exact) mass is 438 g/mol. The van der Waals surface area contributed by atoms with Gasteiger partial charge in [0.05, 0.1) is 17.8 Å². The van der Waals surface area contributed by atoms with E-state index in [-0.39, 0.29) is 12.1 Å². The lowest BCUT2D eigenvalue weighted by Gasteiger charge is -2.28. The Balaban J connectivity index is 1.69. The first-order chi connectivity index (χ1) is 15.5. The molecule has 1 aliphatic rings. The van der Waals surface area contributed by atoms with Crippen LogP contribution in [0, 0.1) is 20.8 Å². The molecule has 0 unspecified atom stereocenters. The Kier molecular flexibility index (Phi) is 5.27. The maximum atomic E-state index is 5.88. The Bertz CT molecular complexity index is 1260. The van der Waals surface area contributed by atoms with Crippen LogP contribution in [0.3, 0.4) is 0 Å². The maximum Gasteiger partial charge on any atom is 0.174 e. The van der Waals surface area contributed by atoms with E-state index in [0.717, 1.165) is 16.5 Å². The van der Waals surface area contributed by atoms with Gasteiger partial charge >= 0.3 is 0 Å². The van der Waals surface area contributed by atoms with Crippen LogP contribution < -0.4 is 10.2 Å². The van der Waals surface area contributed by atoms with Gasteiger partial charge in [-0.25, -0.2) is 0 Å². The van der Waals surface area contributed by atoms with Gasteiger partial charge in [-0.15, -0.1) is 0 Å². The van der Waals surface area contributed by atoms with E-state index in [4.69, 9.17) is 12.2 Å². The van der Waals surface area contributed by atoms with Gasteiger partial charge in [-0.1, -0.05) is 36.4 Å². The summed E-state index contributed by atoms with van der Waals surface area (Å²) >= 11 is 5.88. The number of anilines is 1. The minimum atomic E-state index is -0.0473. The molecule has 1 saturated heterocycles. The highest BCUT2D eigenvalue weighted by Crippen LogP contribution is 2.43. The Morgan fingerprint density at radius 1 is 0.844 bits per heavy atom. The number of nitrogens with one attached hydrogen (secondary N) is 1. The number of nitrogens with zero attached hydrogens (tertiary/aromatic N) is 3. The summed E-state index contributed by atoms with van der Waals surface area (Å²) in [5.41, 5.74) is 8.11. The number of para-hydroxylation sites is 1. The summed E-state index contributed by atoms with van der Waals surface area (Å²) in [5.74, 6) is 0. The zero-order chi connectivity index (χ0) is 22.2. The van der Waals surface area contributed by atoms with E-state index in [2.05, 4.69) is 107 Å². The van der Waals surface area contributed by atoms with E-state index in [1.165, 1.54) is 28.2 Å². The number of hydrogen-bond donors (Lipinski definition) is 1. The SMILES string of the molecule is Cc1cccc(N2C(=S)N[C@H](c3ccccn3)[C@@H]2c2cc(C)n(-c3ccccc3)c2C)c1. The fraction of sp³-hybridized carbons (Fsp3) is 0.185. The summed E-state index contributed by atoms with van der Waals surface area (Å²) < 4.78 is 2.32. The molecule has 2 atom stereocenters. The van der Waals surface area contributed by atoms with Crippen LogP contribution in [0.25, 0.3) is 5.69 Å². The van der Waals surface area contributed by atoms with Crippen molar-refractivity contribution in [1.29, 1.82) is 0 Å². The minimum Gasteiger partial charge on any atom is -0.351 e. The van der Waals surface area contributed by atoms with Crippen LogP contribution in [0.5, 0.6) is 0 Å². The summed E-state index contributed by atoms with van der Waals surface area (Å²) in [5, 5.41) is 4.29. The highest BCUT2D eigenvalue weighted by Gasteiger charge is 2.42. The molecule has 1 aliphatic heterocycles. The molecule has 0 saturated carbocycles. The van der Waals surface area contributed by atoms with Gasteiger partial charge in [0.2, 0.25) is 0 Å². The summed E-state index contributed by atoms with van der Waals surface area (Å²) in [6.45, 7) is 6.47. The van der Waals surface area contributed by atoms with Gasteiger partial charge in [-0.2, -0.15) is 0 Å². The van der Waals surface area contributed by atoms with Crippen molar-refractivity contribution in [2.45, 2.75) is 32.9 Å². The minimum absolute atomic E-state index is 0.0112. The molecule has 0 aliphatic carbocycles. The molecular formula is C27H26N4S. The van der Waals surface area contributed by atoms with Gasteiger partial charge in [0.15, 0.2) is 5.11 Å². The topological polar surface area (TPSA) is 33.1 Å². The van der Waals surface area contributed by atoms with E-state index in [0.29, 0.717) is 0 Å². The van der Waals surface area contributed by atoms with Crippen molar-refractivity contribution < 1.29 is 0 Å². The van der Waals surface area contributed by atoms with Crippen LogP contribution in [-0.4, -0.2) is 14.7 Å². The molecule has 4 aromatic rings. The highest BCUT2D eigenvalue weighted by atomic mass is 32.1. The number of rotatable bonds is 4. The standard InChI is InChI=1S/C27H26N4S/c1-18-10-9-13-22(16-18)31-26(25(29-27(31)32)24-14-7-8-15-28-24)23-17-19(2)30(20(23)3)21-11-5-4-6-12-21/h4-17,25-26H,1-3H3,(H,29,32)/t25-,26+/m1/s1. The predicted molar refractivity (Wildman–Crippen MR) is 134 cm³/mol. The van der Waals surface area contributed by atoms with Crippen molar-refractivity contribution in [2.75, 3.05) is 4.90 Å². The molecule has 0 spiro atoms. The molecule has 0 amide bonds. The number of aryl methyl sites for hydroxylation is 2. The van der Waals surface area contributed by atoms with Crippen LogP contribution in [0.15, 0.2) is 85.1 Å². The molecule has 5 heteroatoms. The molecule has 32 heavy (non-hydrogen) atoms. The number of hydrogen-bond acceptors (Lipinski definition) is 2. The molecule has 5 rings (SSSR count). The van der Waals surface area contributed by atoms with Gasteiger partial charge in [-0.3, -0.25) is 4.98 Å². The Labute approximate surface area is 194 Å². The molecular weight excluding hydrogens is 412 g/mol. The summed E-state index contributed by atoms with van der Waals surface area (Å²) in [4.78, 5) is 6.93. The smallest absolute Gasteiger partial charge is 0.174 e. The van der Waals surface area contributed by atoms with Crippen LogP contribution >= 0.6 is 12.2 Å². The fourth-order valence-corrected chi connectivity index (χ4v) is 5.13. The van der Waals surface area contributed by atoms with Crippen LogP contribution in [0.1, 0.15) is 40.3 Å². The van der Waals surface area contributed by atoms with E-state index in [1.54, 1.807) is 0 Å². The second-order valence-corrected chi connectivity index (χ2v) is 8.72. The normalized spacial score (nSPS) is 18.1. The highest BCUT2D eigenvalue weighted by molar-refractivity contribution is 7.80. The third-order valence-corrected chi connectivity index (χ3v) is 6.50. The molecule has 2 aromatic heterocycles. The average Bonchev–Trinajstić information content (AvgIpc) is 3.30. The van der Waals surface area contributed by atoms with E-state index in [9.17, 15) is 0 Å². The van der Waals surface area contributed by atoms with Gasteiger partial charge in [0.1, 0.15) is 0 Å². The van der Waals surface area contributed by atoms with Gasteiger partial charge < -0.3 is 14.8 Å². The van der Waals surface area contributed by atoms with Crippen molar-refractivity contribution >= 4 is 23.0 Å². The van der Waals surface area contributed by atoms with Crippen LogP contribution in [0.2, 0.25) is 0 Å². The number of thiocarbonyl (C=S) groups is 1. The first-order valence-electron chi connectivity index (χ1n) is 10.9. The fourth-order valence-electron chi connectivity index (χ4n) is 4.79. The average molecular weight is 439 g/mol. The molecule has 1 N–H and O–H groups in total. The van der Waals surface area contributed by atoms with Crippen molar-refractivity contribution in [3.05, 3.63) is 113 Å². The van der Waals surface area contributed by atoms with Crippen LogP contribution in [-0.2, 0) is 0 Å². The number of pyridine rings is 1. The second-order valence-electron chi connectivity index (χ2n) is 8.33. The first-order valence-corrected chi connectivity index (χ1v) is 11.3. The van der Waals surface area contributed by atoms with Crippen molar-refractivity contribution in [1.82, 2.24) is 14.9 Å². The molecule has 3 heterocycles. The molecule has 1 fully saturated rings. The molecule has 2 aromatic carbocycles. The Hall–Kier alpha value is -3.44. The summed E-state index contributed by atoms with van der Waals surface area (Å²) in [7, 11) is 0. The van der Waals surface area contributed by atoms with Gasteiger partial charge in [0, 0.05) is 29.0 Å². The number of benzene rings is 2. The Morgan fingerprint density at radius 3 is 2.31 bits per heavy atom. The lowest BCUT2D eigenvalue weighted by Crippen LogP contribution is -2.29. The zero-order valence-corrected chi connectivity index (χ0v) is 19.3. The first kappa shape index (κ1) is 20.5.